The fourth-order valence-electron chi connectivity index (χ4n) is 3.28. The van der Waals surface area contributed by atoms with Crippen LogP contribution in [0.3, 0.4) is 0 Å². The van der Waals surface area contributed by atoms with Crippen molar-refractivity contribution >= 4 is 17.8 Å². The van der Waals surface area contributed by atoms with E-state index in [4.69, 9.17) is 4.74 Å². The van der Waals surface area contributed by atoms with E-state index in [1.165, 1.54) is 12.0 Å². The van der Waals surface area contributed by atoms with Crippen molar-refractivity contribution in [1.29, 1.82) is 0 Å². The number of rotatable bonds is 3. The van der Waals surface area contributed by atoms with Gasteiger partial charge in [0.05, 0.1) is 18.1 Å². The van der Waals surface area contributed by atoms with Crippen molar-refractivity contribution in [2.24, 2.45) is 5.41 Å². The predicted octanol–water partition coefficient (Wildman–Crippen LogP) is 1.70. The quantitative estimate of drug-likeness (QED) is 0.801. The normalized spacial score (nSPS) is 22.6. The number of carbonyl (C=O) groups excluding carboxylic acids is 2. The zero-order chi connectivity index (χ0) is 15.8. The van der Waals surface area contributed by atoms with Gasteiger partial charge in [-0.2, -0.15) is 0 Å². The lowest BCUT2D eigenvalue weighted by atomic mass is 9.85. The summed E-state index contributed by atoms with van der Waals surface area (Å²) in [4.78, 5) is 37.7. The van der Waals surface area contributed by atoms with Crippen LogP contribution in [0.15, 0.2) is 11.3 Å². The van der Waals surface area contributed by atoms with Gasteiger partial charge in [0.2, 0.25) is 5.91 Å². The van der Waals surface area contributed by atoms with Gasteiger partial charge in [-0.05, 0) is 26.7 Å². The Hall–Kier alpha value is -1.85. The molecule has 116 valence electrons. The van der Waals surface area contributed by atoms with Crippen LogP contribution in [0.5, 0.6) is 0 Å². The van der Waals surface area contributed by atoms with E-state index in [9.17, 15) is 19.5 Å². The third-order valence-corrected chi connectivity index (χ3v) is 4.39. The first-order chi connectivity index (χ1) is 9.82. The molecular formula is C15H21NO5. The third-order valence-electron chi connectivity index (χ3n) is 4.39. The molecule has 1 aliphatic carbocycles. The molecular weight excluding hydrogens is 274 g/mol. The van der Waals surface area contributed by atoms with Gasteiger partial charge < -0.3 is 14.7 Å². The van der Waals surface area contributed by atoms with Gasteiger partial charge in [0.25, 0.3) is 0 Å². The molecule has 1 aliphatic heterocycles. The summed E-state index contributed by atoms with van der Waals surface area (Å²) < 4.78 is 4.72. The van der Waals surface area contributed by atoms with Crippen LogP contribution in [-0.4, -0.2) is 41.0 Å². The van der Waals surface area contributed by atoms with Crippen molar-refractivity contribution in [3.63, 3.8) is 0 Å². The molecule has 1 N–H and O–H groups in total. The SMILES string of the molecule is COC(=O)C1=C(C(=O)O)C(C)(C)C(=O)N1C1CCCCC1. The van der Waals surface area contributed by atoms with Gasteiger partial charge in [0.15, 0.2) is 0 Å². The average Bonchev–Trinajstić information content (AvgIpc) is 2.66. The van der Waals surface area contributed by atoms with Crippen molar-refractivity contribution in [3.8, 4) is 0 Å². The van der Waals surface area contributed by atoms with Crippen LogP contribution in [0.2, 0.25) is 0 Å². The Labute approximate surface area is 123 Å². The molecule has 1 fully saturated rings. The summed E-state index contributed by atoms with van der Waals surface area (Å²) >= 11 is 0. The number of amides is 1. The second-order valence-corrected chi connectivity index (χ2v) is 6.11. The van der Waals surface area contributed by atoms with Crippen molar-refractivity contribution in [2.75, 3.05) is 7.11 Å². The molecule has 0 saturated heterocycles. The lowest BCUT2D eigenvalue weighted by Gasteiger charge is -2.33. The van der Waals surface area contributed by atoms with E-state index in [1.807, 2.05) is 0 Å². The van der Waals surface area contributed by atoms with E-state index < -0.39 is 17.4 Å². The van der Waals surface area contributed by atoms with Crippen LogP contribution in [-0.2, 0) is 19.1 Å². The van der Waals surface area contributed by atoms with Gasteiger partial charge in [-0.3, -0.25) is 4.79 Å². The van der Waals surface area contributed by atoms with Gasteiger partial charge in [-0.1, -0.05) is 19.3 Å². The van der Waals surface area contributed by atoms with E-state index in [0.29, 0.717) is 0 Å². The minimum atomic E-state index is -1.24. The maximum absolute atomic E-state index is 12.7. The fraction of sp³-hybridized carbons (Fsp3) is 0.667. The smallest absolute Gasteiger partial charge is 0.355 e. The van der Waals surface area contributed by atoms with Gasteiger partial charge in [-0.25, -0.2) is 9.59 Å². The van der Waals surface area contributed by atoms with Gasteiger partial charge in [0.1, 0.15) is 5.70 Å². The molecule has 0 spiro atoms. The lowest BCUT2D eigenvalue weighted by molar-refractivity contribution is -0.144. The summed E-state index contributed by atoms with van der Waals surface area (Å²) in [6, 6.07) is -0.114. The highest BCUT2D eigenvalue weighted by molar-refractivity contribution is 6.11. The highest BCUT2D eigenvalue weighted by Gasteiger charge is 2.53. The van der Waals surface area contributed by atoms with Crippen molar-refractivity contribution in [1.82, 2.24) is 4.90 Å². The van der Waals surface area contributed by atoms with E-state index in [0.717, 1.165) is 32.1 Å². The number of carbonyl (C=O) groups is 3. The zero-order valence-electron chi connectivity index (χ0n) is 12.6. The van der Waals surface area contributed by atoms with Crippen LogP contribution >= 0.6 is 0 Å². The molecule has 6 heteroatoms. The van der Waals surface area contributed by atoms with Crippen LogP contribution in [0.4, 0.5) is 0 Å². The molecule has 0 unspecified atom stereocenters. The highest BCUT2D eigenvalue weighted by atomic mass is 16.5. The molecule has 0 aromatic carbocycles. The molecule has 0 aromatic rings. The average molecular weight is 295 g/mol. The van der Waals surface area contributed by atoms with Gasteiger partial charge >= 0.3 is 11.9 Å². The first-order valence-electron chi connectivity index (χ1n) is 7.22. The third kappa shape index (κ3) is 2.43. The van der Waals surface area contributed by atoms with Gasteiger partial charge in [-0.15, -0.1) is 0 Å². The maximum atomic E-state index is 12.7. The topological polar surface area (TPSA) is 83.9 Å². The Kier molecular flexibility index (Phi) is 4.07. The molecule has 0 bridgehead atoms. The number of carboxylic acid groups (broad SMARTS) is 1. The second-order valence-electron chi connectivity index (χ2n) is 6.11. The zero-order valence-corrected chi connectivity index (χ0v) is 12.6. The minimum Gasteiger partial charge on any atom is -0.478 e. The molecule has 0 aromatic heterocycles. The van der Waals surface area contributed by atoms with Crippen LogP contribution in [0.1, 0.15) is 46.0 Å². The number of hydrogen-bond donors (Lipinski definition) is 1. The summed E-state index contributed by atoms with van der Waals surface area (Å²) in [6.07, 6.45) is 4.63. The summed E-state index contributed by atoms with van der Waals surface area (Å²) in [7, 11) is 1.20. The summed E-state index contributed by atoms with van der Waals surface area (Å²) in [6.45, 7) is 3.09. The van der Waals surface area contributed by atoms with E-state index in [1.54, 1.807) is 13.8 Å². The number of carboxylic acids is 1. The summed E-state index contributed by atoms with van der Waals surface area (Å²) in [5, 5.41) is 9.45. The van der Waals surface area contributed by atoms with Crippen molar-refractivity contribution in [3.05, 3.63) is 11.3 Å². The molecule has 1 amide bonds. The maximum Gasteiger partial charge on any atom is 0.355 e. The summed E-state index contributed by atoms with van der Waals surface area (Å²) in [5.74, 6) is -2.32. The van der Waals surface area contributed by atoms with Gasteiger partial charge in [0, 0.05) is 6.04 Å². The van der Waals surface area contributed by atoms with Crippen LogP contribution < -0.4 is 0 Å². The fourth-order valence-corrected chi connectivity index (χ4v) is 3.28. The van der Waals surface area contributed by atoms with E-state index in [2.05, 4.69) is 0 Å². The number of hydrogen-bond acceptors (Lipinski definition) is 4. The monoisotopic (exact) mass is 295 g/mol. The molecule has 2 aliphatic rings. The number of methoxy groups -OCH3 is 1. The van der Waals surface area contributed by atoms with Crippen LogP contribution in [0.25, 0.3) is 0 Å². The standard InChI is InChI=1S/C15H21NO5/c1-15(2)10(12(17)18)11(13(19)21-3)16(14(15)20)9-7-5-4-6-8-9/h9H,4-8H2,1-3H3,(H,17,18). The van der Waals surface area contributed by atoms with Crippen molar-refractivity contribution < 1.29 is 24.2 Å². The Balaban J connectivity index is 2.54. The van der Waals surface area contributed by atoms with Crippen LogP contribution in [0, 0.1) is 5.41 Å². The molecule has 0 atom stereocenters. The number of esters is 1. The largest absolute Gasteiger partial charge is 0.478 e. The molecule has 21 heavy (non-hydrogen) atoms. The van der Waals surface area contributed by atoms with E-state index >= 15 is 0 Å². The Morgan fingerprint density at radius 1 is 1.24 bits per heavy atom. The number of ether oxygens (including phenoxy) is 1. The first-order valence-corrected chi connectivity index (χ1v) is 7.22. The van der Waals surface area contributed by atoms with E-state index in [-0.39, 0.29) is 23.2 Å². The van der Waals surface area contributed by atoms with Crippen molar-refractivity contribution in [2.45, 2.75) is 52.0 Å². The molecule has 1 heterocycles. The lowest BCUT2D eigenvalue weighted by Crippen LogP contribution is -2.43. The minimum absolute atomic E-state index is 0.0908. The Morgan fingerprint density at radius 2 is 1.81 bits per heavy atom. The summed E-state index contributed by atoms with van der Waals surface area (Å²) in [5.41, 5.74) is -1.47. The molecule has 6 nitrogen and oxygen atoms in total. The first kappa shape index (κ1) is 15.5. The molecule has 1 saturated carbocycles. The number of nitrogens with zero attached hydrogens (tertiary/aromatic N) is 1. The number of aliphatic carboxylic acids is 1. The second kappa shape index (κ2) is 5.50. The highest BCUT2D eigenvalue weighted by Crippen LogP contribution is 2.43. The molecule has 0 radical (unpaired) electrons. The Bertz CT molecular complexity index is 514. The Morgan fingerprint density at radius 3 is 2.29 bits per heavy atom. The molecule has 2 rings (SSSR count). The predicted molar refractivity (Wildman–Crippen MR) is 74.2 cm³/mol.